The number of methoxy groups -OCH3 is 1. The number of hydrogen-bond donors (Lipinski definition) is 2. The molecule has 10 nitrogen and oxygen atoms in total. The van der Waals surface area contributed by atoms with Crippen molar-refractivity contribution in [3.63, 3.8) is 0 Å². The molecule has 0 saturated carbocycles. The Morgan fingerprint density at radius 2 is 1.97 bits per heavy atom. The topological polar surface area (TPSA) is 110 Å². The van der Waals surface area contributed by atoms with Crippen LogP contribution in [0.1, 0.15) is 39.7 Å². The van der Waals surface area contributed by atoms with E-state index in [2.05, 4.69) is 46.6 Å². The zero-order valence-electron chi connectivity index (χ0n) is 19.2. The summed E-state index contributed by atoms with van der Waals surface area (Å²) >= 11 is 0. The second-order valence-corrected chi connectivity index (χ2v) is 9.15. The van der Waals surface area contributed by atoms with Gasteiger partial charge in [-0.1, -0.05) is 17.3 Å². The number of carbonyl (C=O) groups is 1. The van der Waals surface area contributed by atoms with Gasteiger partial charge in [0.1, 0.15) is 5.75 Å². The zero-order valence-corrected chi connectivity index (χ0v) is 19.2. The van der Waals surface area contributed by atoms with Crippen molar-refractivity contribution in [3.05, 3.63) is 29.8 Å². The van der Waals surface area contributed by atoms with Gasteiger partial charge >= 0.3 is 0 Å². The second kappa shape index (κ2) is 8.60. The number of hydrogen-bond acceptors (Lipinski definition) is 8. The highest BCUT2D eigenvalue weighted by atomic mass is 16.5. The summed E-state index contributed by atoms with van der Waals surface area (Å²) in [5, 5.41) is 15.2. The zero-order chi connectivity index (χ0) is 22.9. The third-order valence-electron chi connectivity index (χ3n) is 5.22. The summed E-state index contributed by atoms with van der Waals surface area (Å²) in [6, 6.07) is 7.94. The molecule has 0 spiro atoms. The highest BCUT2D eigenvalue weighted by molar-refractivity contribution is 5.84. The molecule has 2 N–H and O–H groups in total. The van der Waals surface area contributed by atoms with Gasteiger partial charge in [-0.2, -0.15) is 9.97 Å². The molecule has 1 aromatic carbocycles. The molecular formula is C22H30N8O2. The normalized spacial score (nSPS) is 16.4. The van der Waals surface area contributed by atoms with Gasteiger partial charge in [0.15, 0.2) is 17.0 Å². The predicted molar refractivity (Wildman–Crippen MR) is 123 cm³/mol. The summed E-state index contributed by atoms with van der Waals surface area (Å²) < 4.78 is 7.04. The van der Waals surface area contributed by atoms with Gasteiger partial charge in [0.2, 0.25) is 11.9 Å². The molecule has 170 valence electrons. The molecule has 10 heteroatoms. The number of ether oxygens (including phenoxy) is 1. The second-order valence-electron chi connectivity index (χ2n) is 9.15. The SMILES string of the molecule is COc1ccc(Cn2nnc3c(N4CC[C@H](NC(C)=O)C4)nc(NC(C)(C)C)nc32)cc1. The van der Waals surface area contributed by atoms with Crippen molar-refractivity contribution in [1.29, 1.82) is 0 Å². The molecule has 32 heavy (non-hydrogen) atoms. The summed E-state index contributed by atoms with van der Waals surface area (Å²) in [6.45, 7) is 9.72. The summed E-state index contributed by atoms with van der Waals surface area (Å²) in [4.78, 5) is 23.2. The molecular weight excluding hydrogens is 408 g/mol. The van der Waals surface area contributed by atoms with Gasteiger partial charge in [0, 0.05) is 31.6 Å². The number of carbonyl (C=O) groups excluding carboxylic acids is 1. The number of nitrogens with one attached hydrogen (secondary N) is 2. The van der Waals surface area contributed by atoms with Gasteiger partial charge in [-0.3, -0.25) is 4.79 Å². The first-order valence-corrected chi connectivity index (χ1v) is 10.8. The van der Waals surface area contributed by atoms with Crippen LogP contribution >= 0.6 is 0 Å². The Morgan fingerprint density at radius 1 is 1.22 bits per heavy atom. The van der Waals surface area contributed by atoms with E-state index in [9.17, 15) is 4.79 Å². The van der Waals surface area contributed by atoms with E-state index in [4.69, 9.17) is 14.7 Å². The Bertz CT molecular complexity index is 1100. The van der Waals surface area contributed by atoms with E-state index in [0.29, 0.717) is 30.2 Å². The number of fused-ring (bicyclic) bond motifs is 1. The molecule has 0 radical (unpaired) electrons. The fraction of sp³-hybridized carbons (Fsp3) is 0.500. The predicted octanol–water partition coefficient (Wildman–Crippen LogP) is 2.20. The number of nitrogens with zero attached hydrogens (tertiary/aromatic N) is 6. The van der Waals surface area contributed by atoms with Crippen molar-refractivity contribution in [3.8, 4) is 5.75 Å². The van der Waals surface area contributed by atoms with Gasteiger partial charge in [-0.05, 0) is 44.9 Å². The fourth-order valence-electron chi connectivity index (χ4n) is 3.82. The van der Waals surface area contributed by atoms with Crippen LogP contribution in [-0.4, -0.2) is 62.6 Å². The Morgan fingerprint density at radius 3 is 2.62 bits per heavy atom. The van der Waals surface area contributed by atoms with Gasteiger partial charge in [0.25, 0.3) is 0 Å². The van der Waals surface area contributed by atoms with E-state index < -0.39 is 0 Å². The highest BCUT2D eigenvalue weighted by Crippen LogP contribution is 2.28. The summed E-state index contributed by atoms with van der Waals surface area (Å²) in [7, 11) is 1.65. The molecule has 4 rings (SSSR count). The minimum atomic E-state index is -0.205. The molecule has 0 unspecified atom stereocenters. The van der Waals surface area contributed by atoms with Crippen molar-refractivity contribution < 1.29 is 9.53 Å². The van der Waals surface area contributed by atoms with Crippen molar-refractivity contribution in [2.45, 2.75) is 52.2 Å². The number of rotatable bonds is 6. The quantitative estimate of drug-likeness (QED) is 0.603. The first-order chi connectivity index (χ1) is 15.2. The summed E-state index contributed by atoms with van der Waals surface area (Å²) in [6.07, 6.45) is 0.854. The van der Waals surface area contributed by atoms with Gasteiger partial charge in [-0.25, -0.2) is 4.68 Å². The van der Waals surface area contributed by atoms with Crippen LogP contribution in [0, 0.1) is 0 Å². The molecule has 2 aromatic heterocycles. The van der Waals surface area contributed by atoms with E-state index in [1.165, 1.54) is 0 Å². The maximum atomic E-state index is 11.5. The van der Waals surface area contributed by atoms with E-state index >= 15 is 0 Å². The highest BCUT2D eigenvalue weighted by Gasteiger charge is 2.28. The Hall–Kier alpha value is -3.43. The summed E-state index contributed by atoms with van der Waals surface area (Å²) in [5.41, 5.74) is 2.18. The van der Waals surface area contributed by atoms with Gasteiger partial charge < -0.3 is 20.3 Å². The minimum absolute atomic E-state index is 0.0230. The number of aromatic nitrogens is 5. The number of anilines is 2. The van der Waals surface area contributed by atoms with E-state index in [-0.39, 0.29) is 17.5 Å². The summed E-state index contributed by atoms with van der Waals surface area (Å²) in [5.74, 6) is 2.04. The molecule has 3 aromatic rings. The van der Waals surface area contributed by atoms with E-state index in [1.54, 1.807) is 18.7 Å². The van der Waals surface area contributed by atoms with Crippen molar-refractivity contribution >= 4 is 28.8 Å². The Kier molecular flexibility index (Phi) is 5.86. The lowest BCUT2D eigenvalue weighted by atomic mass is 10.1. The lowest BCUT2D eigenvalue weighted by Gasteiger charge is -2.23. The van der Waals surface area contributed by atoms with Crippen LogP contribution in [0.3, 0.4) is 0 Å². The van der Waals surface area contributed by atoms with Crippen LogP contribution in [0.25, 0.3) is 11.2 Å². The molecule has 3 heterocycles. The molecule has 1 atom stereocenters. The van der Waals surface area contributed by atoms with Crippen molar-refractivity contribution in [2.75, 3.05) is 30.4 Å². The maximum absolute atomic E-state index is 11.5. The molecule has 1 saturated heterocycles. The monoisotopic (exact) mass is 438 g/mol. The van der Waals surface area contributed by atoms with Crippen LogP contribution < -0.4 is 20.3 Å². The van der Waals surface area contributed by atoms with Crippen LogP contribution in [0.15, 0.2) is 24.3 Å². The van der Waals surface area contributed by atoms with Crippen LogP contribution in [-0.2, 0) is 11.3 Å². The van der Waals surface area contributed by atoms with Gasteiger partial charge in [0.05, 0.1) is 13.7 Å². The largest absolute Gasteiger partial charge is 0.497 e. The third kappa shape index (κ3) is 4.90. The minimum Gasteiger partial charge on any atom is -0.497 e. The smallest absolute Gasteiger partial charge is 0.227 e. The molecule has 1 aliphatic heterocycles. The third-order valence-corrected chi connectivity index (χ3v) is 5.22. The molecule has 0 aliphatic carbocycles. The van der Waals surface area contributed by atoms with Crippen molar-refractivity contribution in [1.82, 2.24) is 30.3 Å². The number of benzene rings is 1. The lowest BCUT2D eigenvalue weighted by Crippen LogP contribution is -2.36. The fourth-order valence-corrected chi connectivity index (χ4v) is 3.82. The van der Waals surface area contributed by atoms with Crippen molar-refractivity contribution in [2.24, 2.45) is 0 Å². The maximum Gasteiger partial charge on any atom is 0.227 e. The molecule has 0 bridgehead atoms. The van der Waals surface area contributed by atoms with Crippen LogP contribution in [0.2, 0.25) is 0 Å². The average molecular weight is 439 g/mol. The molecule has 1 fully saturated rings. The van der Waals surface area contributed by atoms with Crippen LogP contribution in [0.5, 0.6) is 5.75 Å². The molecule has 1 amide bonds. The van der Waals surface area contributed by atoms with E-state index in [0.717, 1.165) is 30.1 Å². The van der Waals surface area contributed by atoms with Gasteiger partial charge in [-0.15, -0.1) is 5.10 Å². The van der Waals surface area contributed by atoms with Crippen LogP contribution in [0.4, 0.5) is 11.8 Å². The van der Waals surface area contributed by atoms with E-state index in [1.807, 2.05) is 24.3 Å². The standard InChI is InChI=1S/C22H30N8O2/c1-14(31)23-16-10-11-29(13-16)19-18-20(25-21(24-19)26-22(2,3)4)30(28-27-18)12-15-6-8-17(32-5)9-7-15/h6-9,16H,10-13H2,1-5H3,(H,23,31)(H,24,25,26)/t16-/m0/s1. The Balaban J connectivity index is 1.70. The first-order valence-electron chi connectivity index (χ1n) is 10.8. The molecule has 1 aliphatic rings. The first kappa shape index (κ1) is 21.8. The lowest BCUT2D eigenvalue weighted by molar-refractivity contribution is -0.119. The average Bonchev–Trinajstić information content (AvgIpc) is 3.34. The Labute approximate surface area is 187 Å². The number of amides is 1.